The third kappa shape index (κ3) is 2.52. The predicted molar refractivity (Wildman–Crippen MR) is 72.8 cm³/mol. The monoisotopic (exact) mass is 258 g/mol. The summed E-state index contributed by atoms with van der Waals surface area (Å²) in [4.78, 5) is 5.21. The Labute approximate surface area is 111 Å². The van der Waals surface area contributed by atoms with Crippen molar-refractivity contribution in [3.05, 3.63) is 34.8 Å². The molecule has 0 unspecified atom stereocenters. The summed E-state index contributed by atoms with van der Waals surface area (Å²) in [5, 5.41) is 9.92. The van der Waals surface area contributed by atoms with Gasteiger partial charge in [-0.3, -0.25) is 0 Å². The van der Waals surface area contributed by atoms with Crippen LogP contribution in [0, 0.1) is 11.3 Å². The summed E-state index contributed by atoms with van der Waals surface area (Å²) in [5.74, 6) is 0.856. The maximum Gasteiger partial charge on any atom is 0.128 e. The summed E-state index contributed by atoms with van der Waals surface area (Å²) in [6, 6.07) is 10.0. The van der Waals surface area contributed by atoms with Gasteiger partial charge in [-0.2, -0.15) is 5.26 Å². The second-order valence-electron chi connectivity index (χ2n) is 3.72. The van der Waals surface area contributed by atoms with Crippen LogP contribution in [0.25, 0.3) is 10.6 Å². The first-order valence-electron chi connectivity index (χ1n) is 5.91. The van der Waals surface area contributed by atoms with Crippen LogP contribution < -0.4 is 4.74 Å². The van der Waals surface area contributed by atoms with Gasteiger partial charge in [-0.05, 0) is 37.6 Å². The summed E-state index contributed by atoms with van der Waals surface area (Å²) in [6.45, 7) is 4.63. The molecule has 0 N–H and O–H groups in total. The second kappa shape index (κ2) is 5.65. The third-order valence-corrected chi connectivity index (χ3v) is 3.60. The Kier molecular flexibility index (Phi) is 3.96. The van der Waals surface area contributed by atoms with Crippen LogP contribution in [-0.2, 0) is 6.42 Å². The molecule has 0 aliphatic carbocycles. The van der Waals surface area contributed by atoms with E-state index < -0.39 is 0 Å². The van der Waals surface area contributed by atoms with Crippen molar-refractivity contribution in [2.24, 2.45) is 0 Å². The number of rotatable bonds is 4. The number of hydrogen-bond acceptors (Lipinski definition) is 4. The highest BCUT2D eigenvalue weighted by atomic mass is 32.1. The molecule has 0 saturated carbocycles. The fourth-order valence-electron chi connectivity index (χ4n) is 1.66. The molecule has 3 nitrogen and oxygen atoms in total. The van der Waals surface area contributed by atoms with Gasteiger partial charge in [0, 0.05) is 5.56 Å². The fraction of sp³-hybridized carbons (Fsp3) is 0.286. The Balaban J connectivity index is 2.31. The Morgan fingerprint density at radius 3 is 2.50 bits per heavy atom. The minimum Gasteiger partial charge on any atom is -0.494 e. The average Bonchev–Trinajstić information content (AvgIpc) is 2.83. The maximum atomic E-state index is 9.02. The van der Waals surface area contributed by atoms with Crippen LogP contribution in [0.4, 0.5) is 0 Å². The number of nitriles is 1. The molecule has 2 aromatic rings. The molecular weight excluding hydrogens is 244 g/mol. The summed E-state index contributed by atoms with van der Waals surface area (Å²) in [6.07, 6.45) is 0.788. The van der Waals surface area contributed by atoms with E-state index in [0.29, 0.717) is 11.5 Å². The van der Waals surface area contributed by atoms with Crippen molar-refractivity contribution < 1.29 is 4.74 Å². The fourth-order valence-corrected chi connectivity index (χ4v) is 2.62. The SMILES string of the molecule is CCOc1ccc(-c2nc(CC)c(C#N)s2)cc1. The largest absolute Gasteiger partial charge is 0.494 e. The maximum absolute atomic E-state index is 9.02. The minimum atomic E-state index is 0.662. The zero-order valence-corrected chi connectivity index (χ0v) is 11.3. The molecular formula is C14H14N2OS. The van der Waals surface area contributed by atoms with E-state index in [2.05, 4.69) is 11.1 Å². The highest BCUT2D eigenvalue weighted by Gasteiger charge is 2.10. The van der Waals surface area contributed by atoms with Gasteiger partial charge in [0.25, 0.3) is 0 Å². The first-order chi connectivity index (χ1) is 8.78. The number of ether oxygens (including phenoxy) is 1. The smallest absolute Gasteiger partial charge is 0.128 e. The van der Waals surface area contributed by atoms with Gasteiger partial charge in [0.05, 0.1) is 12.3 Å². The van der Waals surface area contributed by atoms with Crippen molar-refractivity contribution >= 4 is 11.3 Å². The molecule has 0 saturated heterocycles. The Morgan fingerprint density at radius 1 is 1.28 bits per heavy atom. The molecule has 0 bridgehead atoms. The van der Waals surface area contributed by atoms with Crippen molar-refractivity contribution in [2.75, 3.05) is 6.61 Å². The molecule has 0 spiro atoms. The summed E-state index contributed by atoms with van der Waals surface area (Å²) in [5.41, 5.74) is 1.91. The van der Waals surface area contributed by atoms with Crippen molar-refractivity contribution in [3.63, 3.8) is 0 Å². The van der Waals surface area contributed by atoms with Crippen molar-refractivity contribution in [3.8, 4) is 22.4 Å². The molecule has 0 aliphatic heterocycles. The quantitative estimate of drug-likeness (QED) is 0.841. The lowest BCUT2D eigenvalue weighted by atomic mass is 10.2. The van der Waals surface area contributed by atoms with Gasteiger partial charge in [-0.1, -0.05) is 6.92 Å². The number of aromatic nitrogens is 1. The van der Waals surface area contributed by atoms with Gasteiger partial charge in [-0.25, -0.2) is 4.98 Å². The standard InChI is InChI=1S/C14H14N2OS/c1-3-12-13(9-15)18-14(16-12)10-5-7-11(8-6-10)17-4-2/h5-8H,3-4H2,1-2H3. The molecule has 1 aromatic carbocycles. The minimum absolute atomic E-state index is 0.662. The van der Waals surface area contributed by atoms with Crippen LogP contribution in [0.2, 0.25) is 0 Å². The average molecular weight is 258 g/mol. The lowest BCUT2D eigenvalue weighted by Crippen LogP contribution is -1.90. The van der Waals surface area contributed by atoms with Gasteiger partial charge in [0.15, 0.2) is 0 Å². The summed E-state index contributed by atoms with van der Waals surface area (Å²) < 4.78 is 5.40. The predicted octanol–water partition coefficient (Wildman–Crippen LogP) is 3.64. The van der Waals surface area contributed by atoms with E-state index in [4.69, 9.17) is 10.00 Å². The zero-order valence-electron chi connectivity index (χ0n) is 10.4. The Hall–Kier alpha value is -1.86. The van der Waals surface area contributed by atoms with E-state index in [0.717, 1.165) is 28.4 Å². The zero-order chi connectivity index (χ0) is 13.0. The van der Waals surface area contributed by atoms with Gasteiger partial charge >= 0.3 is 0 Å². The van der Waals surface area contributed by atoms with E-state index in [9.17, 15) is 0 Å². The van der Waals surface area contributed by atoms with Crippen LogP contribution in [0.5, 0.6) is 5.75 Å². The molecule has 92 valence electrons. The van der Waals surface area contributed by atoms with Crippen molar-refractivity contribution in [2.45, 2.75) is 20.3 Å². The van der Waals surface area contributed by atoms with Gasteiger partial charge in [-0.15, -0.1) is 11.3 Å². The molecule has 1 heterocycles. The lowest BCUT2D eigenvalue weighted by Gasteiger charge is -2.02. The number of nitrogens with zero attached hydrogens (tertiary/aromatic N) is 2. The molecule has 18 heavy (non-hydrogen) atoms. The summed E-state index contributed by atoms with van der Waals surface area (Å²) in [7, 11) is 0. The lowest BCUT2D eigenvalue weighted by molar-refractivity contribution is 0.340. The van der Waals surface area contributed by atoms with Crippen LogP contribution in [0.3, 0.4) is 0 Å². The molecule has 0 atom stereocenters. The van der Waals surface area contributed by atoms with Crippen molar-refractivity contribution in [1.82, 2.24) is 4.98 Å². The topological polar surface area (TPSA) is 45.9 Å². The van der Waals surface area contributed by atoms with E-state index in [-0.39, 0.29) is 0 Å². The van der Waals surface area contributed by atoms with Crippen LogP contribution in [0.15, 0.2) is 24.3 Å². The molecule has 0 amide bonds. The van der Waals surface area contributed by atoms with Crippen LogP contribution in [0.1, 0.15) is 24.4 Å². The molecule has 0 radical (unpaired) electrons. The highest BCUT2D eigenvalue weighted by Crippen LogP contribution is 2.29. The third-order valence-electron chi connectivity index (χ3n) is 2.55. The molecule has 1 aromatic heterocycles. The van der Waals surface area contributed by atoms with Crippen LogP contribution >= 0.6 is 11.3 Å². The highest BCUT2D eigenvalue weighted by molar-refractivity contribution is 7.15. The molecule has 2 rings (SSSR count). The van der Waals surface area contributed by atoms with E-state index in [1.807, 2.05) is 38.1 Å². The molecule has 0 aliphatic rings. The normalized spacial score (nSPS) is 10.1. The second-order valence-corrected chi connectivity index (χ2v) is 4.72. The first kappa shape index (κ1) is 12.6. The summed E-state index contributed by atoms with van der Waals surface area (Å²) >= 11 is 1.44. The molecule has 4 heteroatoms. The number of thiazole rings is 1. The van der Waals surface area contributed by atoms with Gasteiger partial charge < -0.3 is 4.74 Å². The number of hydrogen-bond donors (Lipinski definition) is 0. The van der Waals surface area contributed by atoms with E-state index in [1.54, 1.807) is 0 Å². The van der Waals surface area contributed by atoms with Crippen molar-refractivity contribution in [1.29, 1.82) is 5.26 Å². The Morgan fingerprint density at radius 2 is 2.00 bits per heavy atom. The van der Waals surface area contributed by atoms with Crippen LogP contribution in [-0.4, -0.2) is 11.6 Å². The first-order valence-corrected chi connectivity index (χ1v) is 6.73. The van der Waals surface area contributed by atoms with Gasteiger partial charge in [0.2, 0.25) is 0 Å². The van der Waals surface area contributed by atoms with E-state index in [1.165, 1.54) is 11.3 Å². The number of aryl methyl sites for hydroxylation is 1. The number of benzene rings is 1. The van der Waals surface area contributed by atoms with Gasteiger partial charge in [0.1, 0.15) is 21.7 Å². The molecule has 0 fully saturated rings. The van der Waals surface area contributed by atoms with E-state index >= 15 is 0 Å². The Bertz CT molecular complexity index is 566.